The van der Waals surface area contributed by atoms with Crippen molar-refractivity contribution in [1.82, 2.24) is 9.71 Å². The van der Waals surface area contributed by atoms with Gasteiger partial charge in [0.1, 0.15) is 4.90 Å². The second-order valence-corrected chi connectivity index (χ2v) is 7.82. The molecule has 0 fully saturated rings. The summed E-state index contributed by atoms with van der Waals surface area (Å²) in [7, 11) is -2.49. The third kappa shape index (κ3) is 3.41. The maximum atomic E-state index is 12.9. The van der Waals surface area contributed by atoms with Gasteiger partial charge >= 0.3 is 6.18 Å². The van der Waals surface area contributed by atoms with Crippen molar-refractivity contribution in [3.63, 3.8) is 0 Å². The summed E-state index contributed by atoms with van der Waals surface area (Å²) in [5.74, 6) is -1.38. The molecule has 0 saturated heterocycles. The number of aromatic nitrogens is 1. The zero-order valence-corrected chi connectivity index (χ0v) is 14.3. The van der Waals surface area contributed by atoms with Gasteiger partial charge in [-0.3, -0.25) is 4.98 Å². The lowest BCUT2D eigenvalue weighted by Crippen LogP contribution is -2.25. The fourth-order valence-corrected chi connectivity index (χ4v) is 4.05. The van der Waals surface area contributed by atoms with E-state index in [-0.39, 0.29) is 24.2 Å². The molecule has 4 nitrogen and oxygen atoms in total. The summed E-state index contributed by atoms with van der Waals surface area (Å²) >= 11 is 0. The van der Waals surface area contributed by atoms with Gasteiger partial charge in [-0.1, -0.05) is 24.3 Å². The number of para-hydroxylation sites is 1. The van der Waals surface area contributed by atoms with Gasteiger partial charge in [0, 0.05) is 17.1 Å². The second-order valence-electron chi connectivity index (χ2n) is 5.96. The number of alkyl halides is 3. The molecular weight excluding hydrogens is 353 g/mol. The van der Waals surface area contributed by atoms with E-state index >= 15 is 0 Å². The summed E-state index contributed by atoms with van der Waals surface area (Å²) in [6, 6.07) is 7.02. The largest absolute Gasteiger partial charge is 0.392 e. The van der Waals surface area contributed by atoms with Crippen LogP contribution in [0.5, 0.6) is 0 Å². The number of sulfonamides is 1. The van der Waals surface area contributed by atoms with Gasteiger partial charge < -0.3 is 0 Å². The molecule has 1 atom stereocenters. The van der Waals surface area contributed by atoms with E-state index in [0.29, 0.717) is 22.0 Å². The number of nitrogens with one attached hydrogen (secondary N) is 1. The molecule has 3 rings (SSSR count). The van der Waals surface area contributed by atoms with Crippen LogP contribution < -0.4 is 4.72 Å². The fourth-order valence-electron chi connectivity index (χ4n) is 3.13. The van der Waals surface area contributed by atoms with Crippen molar-refractivity contribution in [2.24, 2.45) is 5.92 Å². The topological polar surface area (TPSA) is 59.1 Å². The van der Waals surface area contributed by atoms with E-state index in [1.54, 1.807) is 24.3 Å². The van der Waals surface area contributed by atoms with Crippen LogP contribution in [0.1, 0.15) is 24.8 Å². The Bertz CT molecular complexity index is 937. The first-order valence-corrected chi connectivity index (χ1v) is 9.30. The molecule has 134 valence electrons. The average Bonchev–Trinajstić information content (AvgIpc) is 2.60. The third-order valence-electron chi connectivity index (χ3n) is 4.49. The molecule has 0 spiro atoms. The predicted octanol–water partition coefficient (Wildman–Crippen LogP) is 3.89. The minimum absolute atomic E-state index is 0.00888. The molecule has 0 bridgehead atoms. The van der Waals surface area contributed by atoms with Crippen molar-refractivity contribution in [3.05, 3.63) is 42.1 Å². The smallest absolute Gasteiger partial charge is 0.255 e. The van der Waals surface area contributed by atoms with Gasteiger partial charge in [0.2, 0.25) is 10.0 Å². The summed E-state index contributed by atoms with van der Waals surface area (Å²) in [6.07, 6.45) is -1.48. The highest BCUT2D eigenvalue weighted by Gasteiger charge is 2.40. The van der Waals surface area contributed by atoms with Crippen molar-refractivity contribution in [3.8, 4) is 0 Å². The molecular formula is C17H17F3N2O2S. The molecule has 0 saturated carbocycles. The molecule has 8 heteroatoms. The van der Waals surface area contributed by atoms with Crippen molar-refractivity contribution < 1.29 is 21.6 Å². The number of fused-ring (bicyclic) bond motifs is 1. The van der Waals surface area contributed by atoms with Crippen LogP contribution in [-0.4, -0.2) is 26.6 Å². The Morgan fingerprint density at radius 3 is 2.56 bits per heavy atom. The number of halogens is 3. The highest BCUT2D eigenvalue weighted by Crippen LogP contribution is 2.42. The van der Waals surface area contributed by atoms with Gasteiger partial charge in [-0.2, -0.15) is 13.2 Å². The summed E-state index contributed by atoms with van der Waals surface area (Å²) in [4.78, 5) is 4.17. The Labute approximate surface area is 143 Å². The van der Waals surface area contributed by atoms with Crippen molar-refractivity contribution >= 4 is 26.5 Å². The Hall–Kier alpha value is -1.93. The molecule has 1 N–H and O–H groups in total. The van der Waals surface area contributed by atoms with Crippen LogP contribution in [0.2, 0.25) is 0 Å². The van der Waals surface area contributed by atoms with Crippen LogP contribution >= 0.6 is 0 Å². The zero-order valence-electron chi connectivity index (χ0n) is 13.5. The normalized spacial score (nSPS) is 19.0. The summed E-state index contributed by atoms with van der Waals surface area (Å²) < 4.78 is 65.7. The number of allylic oxidation sites excluding steroid dienone is 2. The van der Waals surface area contributed by atoms with Crippen LogP contribution in [0.3, 0.4) is 0 Å². The molecule has 1 unspecified atom stereocenters. The standard InChI is InChI=1S/C17H17F3N2O2S/c1-21-25(23,24)15-10-22-14-5-3-2-4-13(14)16(15)11-6-8-12(9-7-11)17(18,19)20/h2-6,10,12,21H,7-9H2,1H3. The van der Waals surface area contributed by atoms with Crippen molar-refractivity contribution in [2.45, 2.75) is 30.3 Å². The molecule has 1 heterocycles. The highest BCUT2D eigenvalue weighted by atomic mass is 32.2. The van der Waals surface area contributed by atoms with Gasteiger partial charge in [0.05, 0.1) is 11.4 Å². The molecule has 0 radical (unpaired) electrons. The Morgan fingerprint density at radius 1 is 1.24 bits per heavy atom. The maximum absolute atomic E-state index is 12.9. The van der Waals surface area contributed by atoms with E-state index in [4.69, 9.17) is 0 Å². The van der Waals surface area contributed by atoms with Gasteiger partial charge in [-0.25, -0.2) is 13.1 Å². The van der Waals surface area contributed by atoms with Crippen LogP contribution in [0, 0.1) is 5.92 Å². The molecule has 1 aliphatic carbocycles. The van der Waals surface area contributed by atoms with E-state index in [9.17, 15) is 21.6 Å². The monoisotopic (exact) mass is 370 g/mol. The molecule has 2 aromatic rings. The van der Waals surface area contributed by atoms with E-state index < -0.39 is 22.1 Å². The predicted molar refractivity (Wildman–Crippen MR) is 89.4 cm³/mol. The first-order chi connectivity index (χ1) is 11.7. The van der Waals surface area contributed by atoms with Crippen LogP contribution in [0.4, 0.5) is 13.2 Å². The number of benzene rings is 1. The van der Waals surface area contributed by atoms with Gasteiger partial charge in [0.15, 0.2) is 0 Å². The molecule has 1 aromatic carbocycles. The maximum Gasteiger partial charge on any atom is 0.392 e. The lowest BCUT2D eigenvalue weighted by atomic mass is 9.85. The van der Waals surface area contributed by atoms with E-state index in [2.05, 4.69) is 9.71 Å². The molecule has 0 aliphatic heterocycles. The Morgan fingerprint density at radius 2 is 1.96 bits per heavy atom. The summed E-state index contributed by atoms with van der Waals surface area (Å²) in [5.41, 5.74) is 1.67. The van der Waals surface area contributed by atoms with Crippen LogP contribution in [-0.2, 0) is 10.0 Å². The Balaban J connectivity index is 2.18. The minimum Gasteiger partial charge on any atom is -0.255 e. The van der Waals surface area contributed by atoms with Gasteiger partial charge in [-0.05, 0) is 37.9 Å². The number of nitrogens with zero attached hydrogens (tertiary/aromatic N) is 1. The quantitative estimate of drug-likeness (QED) is 0.892. The lowest BCUT2D eigenvalue weighted by molar-refractivity contribution is -0.175. The highest BCUT2D eigenvalue weighted by molar-refractivity contribution is 7.89. The fraction of sp³-hybridized carbons (Fsp3) is 0.353. The van der Waals surface area contributed by atoms with Crippen LogP contribution in [0.25, 0.3) is 16.5 Å². The van der Waals surface area contributed by atoms with Crippen LogP contribution in [0.15, 0.2) is 41.4 Å². The molecule has 1 aromatic heterocycles. The Kier molecular flexibility index (Phi) is 4.59. The third-order valence-corrected chi connectivity index (χ3v) is 5.92. The van der Waals surface area contributed by atoms with E-state index in [1.807, 2.05) is 0 Å². The second kappa shape index (κ2) is 6.42. The summed E-state index contributed by atoms with van der Waals surface area (Å²) in [5, 5.41) is 0.621. The lowest BCUT2D eigenvalue weighted by Gasteiger charge is -2.25. The number of rotatable bonds is 3. The molecule has 25 heavy (non-hydrogen) atoms. The number of pyridine rings is 1. The number of hydrogen-bond donors (Lipinski definition) is 1. The first-order valence-electron chi connectivity index (χ1n) is 7.81. The van der Waals surface area contributed by atoms with E-state index in [1.165, 1.54) is 19.3 Å². The van der Waals surface area contributed by atoms with Crippen molar-refractivity contribution in [1.29, 1.82) is 0 Å². The zero-order chi connectivity index (χ0) is 18.2. The van der Waals surface area contributed by atoms with E-state index in [0.717, 1.165) is 0 Å². The molecule has 0 amide bonds. The van der Waals surface area contributed by atoms with Gasteiger partial charge in [-0.15, -0.1) is 0 Å². The minimum atomic E-state index is -4.23. The summed E-state index contributed by atoms with van der Waals surface area (Å²) in [6.45, 7) is 0. The first kappa shape index (κ1) is 17.9. The number of hydrogen-bond acceptors (Lipinski definition) is 3. The SMILES string of the molecule is CNS(=O)(=O)c1cnc2ccccc2c1C1=CCC(C(F)(F)F)CC1. The molecule has 1 aliphatic rings. The van der Waals surface area contributed by atoms with Crippen molar-refractivity contribution in [2.75, 3.05) is 7.05 Å². The van der Waals surface area contributed by atoms with Gasteiger partial charge in [0.25, 0.3) is 0 Å². The average molecular weight is 370 g/mol.